The lowest BCUT2D eigenvalue weighted by Gasteiger charge is -2.26. The minimum atomic E-state index is -0.340. The average molecular weight is 461 g/mol. The van der Waals surface area contributed by atoms with E-state index in [4.69, 9.17) is 4.74 Å². The van der Waals surface area contributed by atoms with E-state index in [1.54, 1.807) is 12.1 Å². The van der Waals surface area contributed by atoms with Crippen LogP contribution in [0.2, 0.25) is 0 Å². The molecule has 0 aromatic heterocycles. The summed E-state index contributed by atoms with van der Waals surface area (Å²) in [5, 5.41) is 8.30. The zero-order valence-electron chi connectivity index (χ0n) is 16.1. The summed E-state index contributed by atoms with van der Waals surface area (Å²) in [6.07, 6.45) is 0.196. The van der Waals surface area contributed by atoms with Crippen LogP contribution in [0, 0.1) is 0 Å². The highest BCUT2D eigenvalue weighted by Gasteiger charge is 2.11. The van der Waals surface area contributed by atoms with Gasteiger partial charge in [0.25, 0.3) is 0 Å². The SMILES string of the molecule is O=C(CCNC(=O)Nc1ccc(Br)cc1)Nc1cccc(CN2CCOCC2)c1. The summed E-state index contributed by atoms with van der Waals surface area (Å²) in [7, 11) is 0. The van der Waals surface area contributed by atoms with E-state index in [1.807, 2.05) is 30.3 Å². The molecule has 8 heteroatoms. The molecular weight excluding hydrogens is 436 g/mol. The molecule has 0 spiro atoms. The number of nitrogens with zero attached hydrogens (tertiary/aromatic N) is 1. The fourth-order valence-electron chi connectivity index (χ4n) is 2.99. The summed E-state index contributed by atoms with van der Waals surface area (Å²) in [6.45, 7) is 4.46. The van der Waals surface area contributed by atoms with Gasteiger partial charge in [-0.1, -0.05) is 28.1 Å². The van der Waals surface area contributed by atoms with Gasteiger partial charge >= 0.3 is 6.03 Å². The van der Waals surface area contributed by atoms with Gasteiger partial charge in [-0.25, -0.2) is 4.79 Å². The van der Waals surface area contributed by atoms with Crippen LogP contribution in [-0.2, 0) is 16.1 Å². The molecule has 3 amide bonds. The molecule has 154 valence electrons. The zero-order chi connectivity index (χ0) is 20.5. The summed E-state index contributed by atoms with van der Waals surface area (Å²) in [5.74, 6) is -0.141. The second-order valence-electron chi connectivity index (χ2n) is 6.77. The van der Waals surface area contributed by atoms with E-state index < -0.39 is 0 Å². The van der Waals surface area contributed by atoms with Gasteiger partial charge in [0.2, 0.25) is 5.91 Å². The highest BCUT2D eigenvalue weighted by atomic mass is 79.9. The normalized spacial score (nSPS) is 14.2. The van der Waals surface area contributed by atoms with Crippen molar-refractivity contribution in [2.75, 3.05) is 43.5 Å². The van der Waals surface area contributed by atoms with Crippen molar-refractivity contribution in [2.45, 2.75) is 13.0 Å². The Balaban J connectivity index is 1.39. The Labute approximate surface area is 178 Å². The maximum Gasteiger partial charge on any atom is 0.319 e. The van der Waals surface area contributed by atoms with Crippen molar-refractivity contribution in [3.05, 3.63) is 58.6 Å². The number of hydrogen-bond acceptors (Lipinski definition) is 4. The van der Waals surface area contributed by atoms with Gasteiger partial charge in [-0.3, -0.25) is 9.69 Å². The highest BCUT2D eigenvalue weighted by molar-refractivity contribution is 9.10. The molecule has 3 N–H and O–H groups in total. The third-order valence-electron chi connectivity index (χ3n) is 4.46. The molecule has 1 aliphatic heterocycles. The van der Waals surface area contributed by atoms with Crippen molar-refractivity contribution < 1.29 is 14.3 Å². The van der Waals surface area contributed by atoms with Crippen LogP contribution in [-0.4, -0.2) is 49.7 Å². The molecule has 0 aliphatic carbocycles. The van der Waals surface area contributed by atoms with Crippen LogP contribution in [0.4, 0.5) is 16.2 Å². The average Bonchev–Trinajstić information content (AvgIpc) is 2.71. The van der Waals surface area contributed by atoms with Crippen molar-refractivity contribution in [3.63, 3.8) is 0 Å². The zero-order valence-corrected chi connectivity index (χ0v) is 17.7. The fourth-order valence-corrected chi connectivity index (χ4v) is 3.25. The van der Waals surface area contributed by atoms with Gasteiger partial charge in [-0.05, 0) is 42.0 Å². The first-order valence-corrected chi connectivity index (χ1v) is 10.4. The lowest BCUT2D eigenvalue weighted by molar-refractivity contribution is -0.116. The number of carbonyl (C=O) groups is 2. The summed E-state index contributed by atoms with van der Waals surface area (Å²) < 4.78 is 6.31. The maximum atomic E-state index is 12.2. The van der Waals surface area contributed by atoms with Gasteiger partial charge in [-0.15, -0.1) is 0 Å². The van der Waals surface area contributed by atoms with Crippen LogP contribution in [0.25, 0.3) is 0 Å². The predicted molar refractivity (Wildman–Crippen MR) is 117 cm³/mol. The second-order valence-corrected chi connectivity index (χ2v) is 7.69. The quantitative estimate of drug-likeness (QED) is 0.590. The van der Waals surface area contributed by atoms with Gasteiger partial charge in [-0.2, -0.15) is 0 Å². The Bertz CT molecular complexity index is 823. The Kier molecular flexibility index (Phi) is 8.03. The van der Waals surface area contributed by atoms with Crippen LogP contribution >= 0.6 is 15.9 Å². The van der Waals surface area contributed by atoms with Crippen LogP contribution in [0.3, 0.4) is 0 Å². The summed E-state index contributed by atoms with van der Waals surface area (Å²) in [4.78, 5) is 26.4. The molecule has 1 saturated heterocycles. The number of hydrogen-bond donors (Lipinski definition) is 3. The Morgan fingerprint density at radius 2 is 1.76 bits per heavy atom. The Hall–Kier alpha value is -2.42. The van der Waals surface area contributed by atoms with E-state index in [2.05, 4.69) is 42.8 Å². The third-order valence-corrected chi connectivity index (χ3v) is 4.99. The molecule has 2 aromatic carbocycles. The van der Waals surface area contributed by atoms with Gasteiger partial charge in [0.1, 0.15) is 0 Å². The monoisotopic (exact) mass is 460 g/mol. The molecule has 3 rings (SSSR count). The topological polar surface area (TPSA) is 82.7 Å². The molecule has 0 unspecified atom stereocenters. The number of halogens is 1. The first-order valence-electron chi connectivity index (χ1n) is 9.58. The van der Waals surface area contributed by atoms with Gasteiger partial charge in [0.05, 0.1) is 13.2 Å². The van der Waals surface area contributed by atoms with Crippen molar-refractivity contribution >= 4 is 39.2 Å². The van der Waals surface area contributed by atoms with E-state index >= 15 is 0 Å². The molecule has 1 aliphatic rings. The molecule has 1 fully saturated rings. The number of ether oxygens (including phenoxy) is 1. The van der Waals surface area contributed by atoms with E-state index in [1.165, 1.54) is 0 Å². The molecule has 0 atom stereocenters. The van der Waals surface area contributed by atoms with Gasteiger partial charge in [0.15, 0.2) is 0 Å². The molecule has 0 saturated carbocycles. The number of anilines is 2. The molecule has 2 aromatic rings. The van der Waals surface area contributed by atoms with E-state index in [9.17, 15) is 9.59 Å². The molecular formula is C21H25BrN4O3. The van der Waals surface area contributed by atoms with Gasteiger partial charge < -0.3 is 20.7 Å². The second kappa shape index (κ2) is 10.9. The molecule has 1 heterocycles. The van der Waals surface area contributed by atoms with Crippen LogP contribution < -0.4 is 16.0 Å². The molecule has 29 heavy (non-hydrogen) atoms. The van der Waals surface area contributed by atoms with Crippen LogP contribution in [0.5, 0.6) is 0 Å². The fraction of sp³-hybridized carbons (Fsp3) is 0.333. The first kappa shape index (κ1) is 21.3. The standard InChI is InChI=1S/C21H25BrN4O3/c22-17-4-6-18(7-5-17)25-21(28)23-9-8-20(27)24-19-3-1-2-16(14-19)15-26-10-12-29-13-11-26/h1-7,14H,8-13,15H2,(H,24,27)(H2,23,25,28). The van der Waals surface area contributed by atoms with Crippen molar-refractivity contribution in [3.8, 4) is 0 Å². The minimum Gasteiger partial charge on any atom is -0.379 e. The smallest absolute Gasteiger partial charge is 0.319 e. The molecule has 0 bridgehead atoms. The number of morpholine rings is 1. The van der Waals surface area contributed by atoms with Crippen molar-refractivity contribution in [1.82, 2.24) is 10.2 Å². The number of benzene rings is 2. The Morgan fingerprint density at radius 1 is 1.00 bits per heavy atom. The lowest BCUT2D eigenvalue weighted by Crippen LogP contribution is -2.35. The predicted octanol–water partition coefficient (Wildman–Crippen LogP) is 3.43. The lowest BCUT2D eigenvalue weighted by atomic mass is 10.1. The van der Waals surface area contributed by atoms with Crippen LogP contribution in [0.1, 0.15) is 12.0 Å². The summed E-state index contributed by atoms with van der Waals surface area (Å²) >= 11 is 3.35. The van der Waals surface area contributed by atoms with E-state index in [-0.39, 0.29) is 24.9 Å². The van der Waals surface area contributed by atoms with Crippen molar-refractivity contribution in [1.29, 1.82) is 0 Å². The maximum absolute atomic E-state index is 12.2. The minimum absolute atomic E-state index is 0.141. The number of nitrogens with one attached hydrogen (secondary N) is 3. The Morgan fingerprint density at radius 3 is 2.52 bits per heavy atom. The molecule has 7 nitrogen and oxygen atoms in total. The number of amides is 3. The van der Waals surface area contributed by atoms with E-state index in [0.29, 0.717) is 5.69 Å². The summed E-state index contributed by atoms with van der Waals surface area (Å²) in [6, 6.07) is 14.8. The largest absolute Gasteiger partial charge is 0.379 e. The molecule has 0 radical (unpaired) electrons. The number of urea groups is 1. The number of carbonyl (C=O) groups excluding carboxylic acids is 2. The van der Waals surface area contributed by atoms with Gasteiger partial charge in [0, 0.05) is 48.4 Å². The van der Waals surface area contributed by atoms with Crippen LogP contribution in [0.15, 0.2) is 53.0 Å². The highest BCUT2D eigenvalue weighted by Crippen LogP contribution is 2.15. The first-order chi connectivity index (χ1) is 14.1. The summed E-state index contributed by atoms with van der Waals surface area (Å²) in [5.41, 5.74) is 2.60. The number of rotatable bonds is 7. The van der Waals surface area contributed by atoms with E-state index in [0.717, 1.165) is 48.6 Å². The van der Waals surface area contributed by atoms with Crippen molar-refractivity contribution in [2.24, 2.45) is 0 Å². The third kappa shape index (κ3) is 7.49.